The number of aldehydes is 1. The van der Waals surface area contributed by atoms with Crippen molar-refractivity contribution in [1.29, 1.82) is 0 Å². The molecule has 3 aromatic rings. The van der Waals surface area contributed by atoms with Crippen LogP contribution in [-0.2, 0) is 9.59 Å². The van der Waals surface area contributed by atoms with Crippen molar-refractivity contribution in [2.75, 3.05) is 30.9 Å². The molecule has 1 aromatic heterocycles. The zero-order valence-corrected chi connectivity index (χ0v) is 22.9. The highest BCUT2D eigenvalue weighted by Gasteiger charge is 2.18. The second-order valence-electron chi connectivity index (χ2n) is 8.13. The fourth-order valence-electron chi connectivity index (χ4n) is 3.38. The molecular weight excluding hydrogens is 498 g/mol. The summed E-state index contributed by atoms with van der Waals surface area (Å²) in [5.41, 5.74) is 12.9. The summed E-state index contributed by atoms with van der Waals surface area (Å²) < 4.78 is 0. The molecule has 10 heteroatoms. The second-order valence-corrected chi connectivity index (χ2v) is 9.05. The lowest BCUT2D eigenvalue weighted by molar-refractivity contribution is -0.120. The summed E-state index contributed by atoms with van der Waals surface area (Å²) in [5.74, 6) is 0.621. The number of hydrogen-bond donors (Lipinski definition) is 1. The van der Waals surface area contributed by atoms with Crippen LogP contribution in [0, 0.1) is 0 Å². The topological polar surface area (TPSA) is 123 Å². The number of nitrogens with one attached hydrogen (secondary N) is 1. The van der Waals surface area contributed by atoms with Crippen LogP contribution in [0.25, 0.3) is 21.6 Å². The zero-order valence-electron chi connectivity index (χ0n) is 22.1. The maximum absolute atomic E-state index is 12.3. The quantitative estimate of drug-likeness (QED) is 0.157. The molecule has 0 fully saturated rings. The Bertz CT molecular complexity index is 1250. The fraction of sp³-hybridized carbons (Fsp3) is 0.286. The van der Waals surface area contributed by atoms with E-state index in [-0.39, 0.29) is 18.0 Å². The summed E-state index contributed by atoms with van der Waals surface area (Å²) in [4.78, 5) is 34.7. The number of rotatable bonds is 8. The molecule has 0 saturated heterocycles. The lowest BCUT2D eigenvalue weighted by Crippen LogP contribution is -2.39. The molecule has 0 spiro atoms. The number of azide groups is 1. The molecule has 9 nitrogen and oxygen atoms in total. The molecule has 1 aliphatic heterocycles. The molecule has 4 rings (SSSR count). The number of nitrogens with zero attached hydrogens (tertiary/aromatic N) is 6. The van der Waals surface area contributed by atoms with Gasteiger partial charge >= 0.3 is 0 Å². The zero-order chi connectivity index (χ0) is 27.8. The van der Waals surface area contributed by atoms with Crippen LogP contribution in [0.4, 0.5) is 11.4 Å². The van der Waals surface area contributed by atoms with Gasteiger partial charge in [0, 0.05) is 46.1 Å². The minimum absolute atomic E-state index is 0.00399. The predicted octanol–water partition coefficient (Wildman–Crippen LogP) is 6.33. The van der Waals surface area contributed by atoms with Gasteiger partial charge in [-0.15, -0.1) is 0 Å². The van der Waals surface area contributed by atoms with Gasteiger partial charge in [-0.3, -0.25) is 19.7 Å². The Morgan fingerprint density at radius 2 is 1.95 bits per heavy atom. The third-order valence-electron chi connectivity index (χ3n) is 5.72. The first kappa shape index (κ1) is 30.2. The molecule has 2 atom stereocenters. The maximum atomic E-state index is 12.3. The van der Waals surface area contributed by atoms with Gasteiger partial charge in [-0.25, -0.2) is 0 Å². The van der Waals surface area contributed by atoms with Crippen molar-refractivity contribution in [1.82, 2.24) is 9.88 Å². The van der Waals surface area contributed by atoms with E-state index in [2.05, 4.69) is 25.3 Å². The third kappa shape index (κ3) is 9.15. The number of pyridine rings is 1. The van der Waals surface area contributed by atoms with Crippen molar-refractivity contribution >= 4 is 41.5 Å². The molecule has 0 radical (unpaired) electrons. The minimum atomic E-state index is -0.216. The molecule has 0 aliphatic carbocycles. The smallest absolute Gasteiger partial charge is 0.241 e. The van der Waals surface area contributed by atoms with E-state index in [1.807, 2.05) is 92.7 Å². The second kappa shape index (κ2) is 16.7. The van der Waals surface area contributed by atoms with Gasteiger partial charge in [-0.05, 0) is 56.1 Å². The van der Waals surface area contributed by atoms with Gasteiger partial charge in [0.2, 0.25) is 5.91 Å². The van der Waals surface area contributed by atoms with Gasteiger partial charge < -0.3 is 10.1 Å². The third-order valence-corrected chi connectivity index (χ3v) is 6.19. The van der Waals surface area contributed by atoms with Gasteiger partial charge in [0.25, 0.3) is 0 Å². The summed E-state index contributed by atoms with van der Waals surface area (Å²) in [5, 5.41) is 6.61. The Kier molecular flexibility index (Phi) is 13.3. The molecule has 198 valence electrons. The van der Waals surface area contributed by atoms with Gasteiger partial charge in [-0.2, -0.15) is 11.8 Å². The number of hydrogen-bond acceptors (Lipinski definition) is 7. The summed E-state index contributed by atoms with van der Waals surface area (Å²) in [6.07, 6.45) is 7.99. The molecule has 0 saturated carbocycles. The van der Waals surface area contributed by atoms with Crippen LogP contribution >= 0.6 is 11.8 Å². The van der Waals surface area contributed by atoms with Crippen molar-refractivity contribution in [3.8, 4) is 11.1 Å². The van der Waals surface area contributed by atoms with Crippen molar-refractivity contribution in [2.24, 2.45) is 10.1 Å². The molecule has 1 aliphatic rings. The van der Waals surface area contributed by atoms with E-state index in [0.717, 1.165) is 40.9 Å². The standard InChI is InChI=1S/C17H21N3O.C8H6N4.C3H6OS/c1-4-20(3)13(2)17(21)19-16-10-6-5-9-15(16)14-8-7-11-18-12-14;9-12-11-8-5-10-7-4-2-1-3-6(7)8;1-5-3-2-4/h5-13H,4H2,1-3H3,(H,19,21);1-5,8H;2H,3H2,1H3/t13-;;/m0../s1. The number of aromatic nitrogens is 1. The van der Waals surface area contributed by atoms with Crippen LogP contribution in [-0.4, -0.2) is 59.9 Å². The number of carbonyl (C=O) groups is 2. The lowest BCUT2D eigenvalue weighted by Gasteiger charge is -2.22. The maximum Gasteiger partial charge on any atom is 0.241 e. The molecule has 1 N–H and O–H groups in total. The van der Waals surface area contributed by atoms with Crippen LogP contribution in [0.5, 0.6) is 0 Å². The Hall–Kier alpha value is -3.98. The number of likely N-dealkylation sites (N-methyl/N-ethyl adjacent to an activating group) is 1. The summed E-state index contributed by atoms with van der Waals surface area (Å²) in [7, 11) is 1.94. The Morgan fingerprint density at radius 3 is 2.58 bits per heavy atom. The van der Waals surface area contributed by atoms with Crippen molar-refractivity contribution in [3.63, 3.8) is 0 Å². The van der Waals surface area contributed by atoms with Crippen LogP contribution < -0.4 is 5.32 Å². The number of anilines is 1. The van der Waals surface area contributed by atoms with Crippen LogP contribution in [0.2, 0.25) is 0 Å². The number of fused-ring (bicyclic) bond motifs is 1. The summed E-state index contributed by atoms with van der Waals surface area (Å²) in [6, 6.07) is 18.9. The highest BCUT2D eigenvalue weighted by atomic mass is 32.2. The van der Waals surface area contributed by atoms with E-state index in [1.54, 1.807) is 18.6 Å². The number of thioether (sulfide) groups is 1. The average Bonchev–Trinajstić information content (AvgIpc) is 3.37. The van der Waals surface area contributed by atoms with Gasteiger partial charge in [0.15, 0.2) is 0 Å². The molecule has 38 heavy (non-hydrogen) atoms. The molecule has 0 bridgehead atoms. The molecule has 1 unspecified atom stereocenters. The number of carbonyl (C=O) groups excluding carboxylic acids is 2. The summed E-state index contributed by atoms with van der Waals surface area (Å²) >= 11 is 1.53. The number of para-hydroxylation sites is 2. The average molecular weight is 532 g/mol. The Balaban J connectivity index is 0.000000249. The predicted molar refractivity (Wildman–Crippen MR) is 157 cm³/mol. The summed E-state index contributed by atoms with van der Waals surface area (Å²) in [6.45, 7) is 4.78. The Morgan fingerprint density at radius 1 is 1.21 bits per heavy atom. The SMILES string of the molecule is CCN(C)[C@@H](C)C(=O)Nc1ccccc1-c1cccnc1.CSCC=O.[N-]=[N+]=NC1C=Nc2ccccc21. The fourth-order valence-corrected chi connectivity index (χ4v) is 3.52. The van der Waals surface area contributed by atoms with Crippen LogP contribution in [0.15, 0.2) is 83.2 Å². The lowest BCUT2D eigenvalue weighted by atomic mass is 10.1. The number of aliphatic imine (C=N–C) groups is 1. The van der Waals surface area contributed by atoms with Crippen molar-refractivity contribution in [3.05, 3.63) is 89.1 Å². The van der Waals surface area contributed by atoms with Gasteiger partial charge in [0.05, 0.1) is 17.8 Å². The first-order valence-electron chi connectivity index (χ1n) is 12.1. The molecule has 2 aromatic carbocycles. The van der Waals surface area contributed by atoms with Crippen molar-refractivity contribution in [2.45, 2.75) is 25.9 Å². The largest absolute Gasteiger partial charge is 0.324 e. The van der Waals surface area contributed by atoms with E-state index in [4.69, 9.17) is 5.53 Å². The molecular formula is C28H33N7O2S. The van der Waals surface area contributed by atoms with Gasteiger partial charge in [0.1, 0.15) is 6.29 Å². The van der Waals surface area contributed by atoms with E-state index < -0.39 is 0 Å². The molecule has 2 heterocycles. The van der Waals surface area contributed by atoms with Crippen LogP contribution in [0.3, 0.4) is 0 Å². The highest BCUT2D eigenvalue weighted by Crippen LogP contribution is 2.32. The van der Waals surface area contributed by atoms with Crippen LogP contribution in [0.1, 0.15) is 25.5 Å². The first-order valence-corrected chi connectivity index (χ1v) is 13.5. The van der Waals surface area contributed by atoms with Gasteiger partial charge in [-0.1, -0.05) is 54.5 Å². The normalized spacial score (nSPS) is 13.6. The van der Waals surface area contributed by atoms with E-state index in [0.29, 0.717) is 5.75 Å². The Labute approximate surface area is 228 Å². The molecule has 1 amide bonds. The number of benzene rings is 2. The van der Waals surface area contributed by atoms with E-state index in [1.165, 1.54) is 11.8 Å². The van der Waals surface area contributed by atoms with E-state index in [9.17, 15) is 9.59 Å². The monoisotopic (exact) mass is 531 g/mol. The minimum Gasteiger partial charge on any atom is -0.324 e. The van der Waals surface area contributed by atoms with Crippen molar-refractivity contribution < 1.29 is 9.59 Å². The van der Waals surface area contributed by atoms with E-state index >= 15 is 0 Å². The highest BCUT2D eigenvalue weighted by molar-refractivity contribution is 7.99. The first-order chi connectivity index (χ1) is 18.5. The number of amides is 1.